The molecule has 2 rings (SSSR count). The van der Waals surface area contributed by atoms with Crippen LogP contribution in [0.2, 0.25) is 10.0 Å². The molecule has 0 aromatic heterocycles. The number of hydrogen-bond donors (Lipinski definition) is 1. The van der Waals surface area contributed by atoms with Gasteiger partial charge in [0, 0.05) is 5.56 Å². The molecule has 1 aromatic carbocycles. The van der Waals surface area contributed by atoms with Crippen molar-refractivity contribution in [3.05, 3.63) is 33.8 Å². The molecule has 1 saturated heterocycles. The summed E-state index contributed by atoms with van der Waals surface area (Å²) >= 11 is 12.0. The lowest BCUT2D eigenvalue weighted by atomic mass is 9.98. The monoisotopic (exact) mass is 316 g/mol. The Labute approximate surface area is 129 Å². The van der Waals surface area contributed by atoms with Crippen LogP contribution in [0.3, 0.4) is 0 Å². The van der Waals surface area contributed by atoms with Crippen molar-refractivity contribution >= 4 is 29.2 Å². The van der Waals surface area contributed by atoms with Gasteiger partial charge in [-0.1, -0.05) is 29.3 Å². The normalized spacial score (nSPS) is 22.6. The Morgan fingerprint density at radius 1 is 1.40 bits per heavy atom. The molecule has 0 aliphatic carbocycles. The van der Waals surface area contributed by atoms with E-state index >= 15 is 0 Å². The average molecular weight is 317 g/mol. The smallest absolute Gasteiger partial charge is 0.314 e. The van der Waals surface area contributed by atoms with Crippen molar-refractivity contribution in [1.82, 2.24) is 0 Å². The Hall–Kier alpha value is -0.770. The molecule has 0 saturated carbocycles. The second-order valence-corrected chi connectivity index (χ2v) is 6.03. The molecule has 1 N–H and O–H groups in total. The zero-order chi connectivity index (χ0) is 14.5. The number of carbonyl (C=O) groups is 1. The topological polar surface area (TPSA) is 30.7 Å². The van der Waals surface area contributed by atoms with Crippen LogP contribution in [0.1, 0.15) is 25.3 Å². The predicted octanol–water partition coefficient (Wildman–Crippen LogP) is 2.35. The van der Waals surface area contributed by atoms with E-state index in [1.807, 2.05) is 25.1 Å². The zero-order valence-corrected chi connectivity index (χ0v) is 13.1. The van der Waals surface area contributed by atoms with Crippen molar-refractivity contribution in [2.24, 2.45) is 5.92 Å². The van der Waals surface area contributed by atoms with E-state index < -0.39 is 0 Å². The molecular weight excluding hydrogens is 297 g/mol. The van der Waals surface area contributed by atoms with Crippen molar-refractivity contribution in [2.45, 2.75) is 26.3 Å². The molecule has 0 amide bonds. The number of ether oxygens (including phenoxy) is 1. The van der Waals surface area contributed by atoms with E-state index in [1.54, 1.807) is 0 Å². The van der Waals surface area contributed by atoms with Gasteiger partial charge in [0.05, 0.1) is 29.7 Å². The molecule has 1 aliphatic rings. The van der Waals surface area contributed by atoms with Crippen molar-refractivity contribution in [2.75, 3.05) is 19.7 Å². The van der Waals surface area contributed by atoms with Gasteiger partial charge in [-0.25, -0.2) is 0 Å². The molecule has 1 unspecified atom stereocenters. The second kappa shape index (κ2) is 7.30. The highest BCUT2D eigenvalue weighted by Gasteiger charge is 2.29. The number of hydrogen-bond acceptors (Lipinski definition) is 2. The van der Waals surface area contributed by atoms with Gasteiger partial charge in [0.15, 0.2) is 0 Å². The lowest BCUT2D eigenvalue weighted by molar-refractivity contribution is -0.921. The minimum absolute atomic E-state index is 0.0291. The van der Waals surface area contributed by atoms with Crippen LogP contribution >= 0.6 is 23.2 Å². The van der Waals surface area contributed by atoms with Crippen molar-refractivity contribution < 1.29 is 14.4 Å². The standard InChI is InChI=1S/C15H19Cl2NO2/c1-2-20-15(19)12-4-3-7-18(10-12)9-11-5-6-13(16)14(17)8-11/h5-6,8,12H,2-4,7,9-10H2,1H3/p+1/t12-/m1/s1. The Bertz CT molecular complexity index is 479. The summed E-state index contributed by atoms with van der Waals surface area (Å²) in [6.45, 7) is 5.08. The van der Waals surface area contributed by atoms with Gasteiger partial charge in [-0.2, -0.15) is 0 Å². The SMILES string of the molecule is CCOC(=O)[C@@H]1CCC[NH+](Cc2ccc(Cl)c(Cl)c2)C1. The number of carbonyl (C=O) groups excluding carboxylic acids is 1. The summed E-state index contributed by atoms with van der Waals surface area (Å²) in [6.07, 6.45) is 1.99. The first kappa shape index (κ1) is 15.6. The lowest BCUT2D eigenvalue weighted by Gasteiger charge is -2.28. The van der Waals surface area contributed by atoms with Crippen molar-refractivity contribution in [3.8, 4) is 0 Å². The molecule has 5 heteroatoms. The molecule has 3 nitrogen and oxygen atoms in total. The molecule has 1 heterocycles. The third kappa shape index (κ3) is 4.11. The van der Waals surface area contributed by atoms with E-state index in [-0.39, 0.29) is 11.9 Å². The Morgan fingerprint density at radius 2 is 2.20 bits per heavy atom. The first-order chi connectivity index (χ1) is 9.60. The summed E-state index contributed by atoms with van der Waals surface area (Å²) in [5.41, 5.74) is 1.15. The Morgan fingerprint density at radius 3 is 2.90 bits per heavy atom. The summed E-state index contributed by atoms with van der Waals surface area (Å²) in [4.78, 5) is 13.2. The van der Waals surface area contributed by atoms with Crippen LogP contribution in [0.15, 0.2) is 18.2 Å². The molecule has 1 aliphatic heterocycles. The molecule has 1 aromatic rings. The molecule has 0 bridgehead atoms. The first-order valence-electron chi connectivity index (χ1n) is 7.04. The number of nitrogens with one attached hydrogen (secondary N) is 1. The van der Waals surface area contributed by atoms with Crippen molar-refractivity contribution in [3.63, 3.8) is 0 Å². The van der Waals surface area contributed by atoms with E-state index in [2.05, 4.69) is 0 Å². The van der Waals surface area contributed by atoms with E-state index in [4.69, 9.17) is 27.9 Å². The van der Waals surface area contributed by atoms with Crippen LogP contribution in [-0.4, -0.2) is 25.7 Å². The maximum atomic E-state index is 11.8. The lowest BCUT2D eigenvalue weighted by Crippen LogP contribution is -3.12. The van der Waals surface area contributed by atoms with Crippen molar-refractivity contribution in [1.29, 1.82) is 0 Å². The minimum Gasteiger partial charge on any atom is -0.466 e. The fraction of sp³-hybridized carbons (Fsp3) is 0.533. The number of likely N-dealkylation sites (tertiary alicyclic amines) is 1. The highest BCUT2D eigenvalue weighted by atomic mass is 35.5. The van der Waals surface area contributed by atoms with Gasteiger partial charge in [-0.3, -0.25) is 4.79 Å². The largest absolute Gasteiger partial charge is 0.466 e. The molecule has 0 spiro atoms. The molecule has 1 fully saturated rings. The van der Waals surface area contributed by atoms with Crippen LogP contribution in [-0.2, 0) is 16.1 Å². The number of benzene rings is 1. The Kier molecular flexibility index (Phi) is 5.70. The van der Waals surface area contributed by atoms with Gasteiger partial charge in [0.1, 0.15) is 12.5 Å². The highest BCUT2D eigenvalue weighted by Crippen LogP contribution is 2.22. The van der Waals surface area contributed by atoms with Gasteiger partial charge in [-0.05, 0) is 31.9 Å². The fourth-order valence-corrected chi connectivity index (χ4v) is 3.03. The van der Waals surface area contributed by atoms with Crippen LogP contribution in [0.4, 0.5) is 0 Å². The maximum absolute atomic E-state index is 11.8. The number of piperidine rings is 1. The molecule has 2 atom stereocenters. The number of rotatable bonds is 4. The summed E-state index contributed by atoms with van der Waals surface area (Å²) in [6, 6.07) is 5.73. The van der Waals surface area contributed by atoms with E-state index in [9.17, 15) is 4.79 Å². The number of halogens is 2. The summed E-state index contributed by atoms with van der Waals surface area (Å²) < 4.78 is 5.12. The maximum Gasteiger partial charge on any atom is 0.314 e. The highest BCUT2D eigenvalue weighted by molar-refractivity contribution is 6.42. The van der Waals surface area contributed by atoms with Gasteiger partial charge in [-0.15, -0.1) is 0 Å². The fourth-order valence-electron chi connectivity index (χ4n) is 2.71. The van der Waals surface area contributed by atoms with Crippen LogP contribution < -0.4 is 4.90 Å². The number of esters is 1. The summed E-state index contributed by atoms with van der Waals surface area (Å²) in [7, 11) is 0. The molecule has 110 valence electrons. The number of quaternary nitrogens is 1. The quantitative estimate of drug-likeness (QED) is 0.864. The first-order valence-corrected chi connectivity index (χ1v) is 7.80. The summed E-state index contributed by atoms with van der Waals surface area (Å²) in [5.74, 6) is -0.0275. The third-order valence-corrected chi connectivity index (χ3v) is 4.42. The van der Waals surface area contributed by atoms with E-state index in [0.29, 0.717) is 16.7 Å². The Balaban J connectivity index is 1.95. The van der Waals surface area contributed by atoms with Crippen LogP contribution in [0.5, 0.6) is 0 Å². The van der Waals surface area contributed by atoms with Gasteiger partial charge < -0.3 is 9.64 Å². The average Bonchev–Trinajstić information content (AvgIpc) is 2.43. The van der Waals surface area contributed by atoms with Gasteiger partial charge in [0.2, 0.25) is 0 Å². The minimum atomic E-state index is -0.0566. The van der Waals surface area contributed by atoms with Gasteiger partial charge >= 0.3 is 5.97 Å². The molecular formula is C15H20Cl2NO2+. The third-order valence-electron chi connectivity index (χ3n) is 3.68. The summed E-state index contributed by atoms with van der Waals surface area (Å²) in [5, 5.41) is 1.16. The molecule has 0 radical (unpaired) electrons. The zero-order valence-electron chi connectivity index (χ0n) is 11.6. The second-order valence-electron chi connectivity index (χ2n) is 5.22. The molecule has 20 heavy (non-hydrogen) atoms. The predicted molar refractivity (Wildman–Crippen MR) is 80.2 cm³/mol. The van der Waals surface area contributed by atoms with Crippen LogP contribution in [0, 0.1) is 5.92 Å². The van der Waals surface area contributed by atoms with E-state index in [0.717, 1.165) is 38.0 Å². The van der Waals surface area contributed by atoms with Crippen LogP contribution in [0.25, 0.3) is 0 Å². The van der Waals surface area contributed by atoms with E-state index in [1.165, 1.54) is 4.90 Å². The van der Waals surface area contributed by atoms with Gasteiger partial charge in [0.25, 0.3) is 0 Å².